The summed E-state index contributed by atoms with van der Waals surface area (Å²) in [5, 5.41) is 12.6. The van der Waals surface area contributed by atoms with Gasteiger partial charge >= 0.3 is 0 Å². The van der Waals surface area contributed by atoms with Crippen molar-refractivity contribution in [2.24, 2.45) is 0 Å². The van der Waals surface area contributed by atoms with Gasteiger partial charge in [0.15, 0.2) is 0 Å². The highest BCUT2D eigenvalue weighted by Crippen LogP contribution is 2.20. The topological polar surface area (TPSA) is 80.3 Å². The van der Waals surface area contributed by atoms with Crippen LogP contribution in [0.3, 0.4) is 0 Å². The lowest BCUT2D eigenvalue weighted by Crippen LogP contribution is -2.48. The Labute approximate surface area is 190 Å². The van der Waals surface area contributed by atoms with Gasteiger partial charge in [-0.3, -0.25) is 9.69 Å². The molecule has 32 heavy (non-hydrogen) atoms. The largest absolute Gasteiger partial charge is 0.338 e. The van der Waals surface area contributed by atoms with E-state index in [1.54, 1.807) is 11.3 Å². The quantitative estimate of drug-likeness (QED) is 0.464. The highest BCUT2D eigenvalue weighted by atomic mass is 32.1. The van der Waals surface area contributed by atoms with E-state index in [0.29, 0.717) is 36.9 Å². The van der Waals surface area contributed by atoms with Crippen molar-refractivity contribution in [3.8, 4) is 17.1 Å². The minimum Gasteiger partial charge on any atom is -0.338 e. The van der Waals surface area contributed by atoms with E-state index in [4.69, 9.17) is 4.52 Å². The molecule has 0 bridgehead atoms. The highest BCUT2D eigenvalue weighted by molar-refractivity contribution is 7.08. The zero-order valence-corrected chi connectivity index (χ0v) is 18.9. The molecule has 0 aliphatic carbocycles. The van der Waals surface area contributed by atoms with Crippen LogP contribution in [0.2, 0.25) is 0 Å². The summed E-state index contributed by atoms with van der Waals surface area (Å²) in [6.07, 6.45) is 0. The van der Waals surface area contributed by atoms with Crippen LogP contribution in [0.4, 0.5) is 0 Å². The van der Waals surface area contributed by atoms with Crippen LogP contribution in [0.15, 0.2) is 51.7 Å². The molecule has 0 spiro atoms. The predicted molar refractivity (Wildman–Crippen MR) is 122 cm³/mol. The number of hydrogen-bond donors (Lipinski definition) is 0. The van der Waals surface area contributed by atoms with Gasteiger partial charge in [0.25, 0.3) is 5.91 Å². The monoisotopic (exact) mass is 448 g/mol. The van der Waals surface area contributed by atoms with Gasteiger partial charge in [-0.1, -0.05) is 5.16 Å². The SMILES string of the molecule is Cc1cc(C)n(-c2ccc(C(=O)N3CCN(Cc4nc(-c5ccsc5)no4)CC3)cc2)n1. The standard InChI is InChI=1S/C23H24N6O2S/c1-16-13-17(2)29(25-16)20-5-3-18(4-6-20)23(30)28-10-8-27(9-11-28)14-21-24-22(26-31-21)19-7-12-32-15-19/h3-7,12-13,15H,8-11,14H2,1-2H3. The summed E-state index contributed by atoms with van der Waals surface area (Å²) < 4.78 is 7.30. The molecule has 1 amide bonds. The van der Waals surface area contributed by atoms with Crippen molar-refractivity contribution in [3.63, 3.8) is 0 Å². The zero-order chi connectivity index (χ0) is 22.1. The Balaban J connectivity index is 1.17. The van der Waals surface area contributed by atoms with E-state index in [9.17, 15) is 4.79 Å². The number of amides is 1. The van der Waals surface area contributed by atoms with Gasteiger partial charge < -0.3 is 9.42 Å². The zero-order valence-electron chi connectivity index (χ0n) is 18.1. The summed E-state index contributed by atoms with van der Waals surface area (Å²) in [4.78, 5) is 21.6. The maximum atomic E-state index is 13.0. The van der Waals surface area contributed by atoms with E-state index < -0.39 is 0 Å². The Morgan fingerprint density at radius 3 is 2.53 bits per heavy atom. The Morgan fingerprint density at radius 2 is 1.88 bits per heavy atom. The third kappa shape index (κ3) is 4.21. The molecule has 4 heterocycles. The van der Waals surface area contributed by atoms with Crippen LogP contribution in [-0.4, -0.2) is 61.8 Å². The number of carbonyl (C=O) groups excluding carboxylic acids is 1. The molecule has 5 rings (SSSR count). The number of rotatable bonds is 5. The molecule has 164 valence electrons. The number of aromatic nitrogens is 4. The minimum absolute atomic E-state index is 0.0575. The van der Waals surface area contributed by atoms with Crippen LogP contribution in [0.25, 0.3) is 17.1 Å². The van der Waals surface area contributed by atoms with Crippen LogP contribution < -0.4 is 0 Å². The molecular formula is C23H24N6O2S. The average molecular weight is 449 g/mol. The van der Waals surface area contributed by atoms with Gasteiger partial charge in [-0.2, -0.15) is 21.4 Å². The van der Waals surface area contributed by atoms with Crippen molar-refractivity contribution in [1.82, 2.24) is 29.7 Å². The number of benzene rings is 1. The minimum atomic E-state index is 0.0575. The Bertz CT molecular complexity index is 1200. The highest BCUT2D eigenvalue weighted by Gasteiger charge is 2.23. The average Bonchev–Trinajstić information content (AvgIpc) is 3.55. The summed E-state index contributed by atoms with van der Waals surface area (Å²) in [5.41, 5.74) is 4.67. The van der Waals surface area contributed by atoms with Crippen LogP contribution in [0.1, 0.15) is 27.6 Å². The maximum Gasteiger partial charge on any atom is 0.253 e. The van der Waals surface area contributed by atoms with Crippen molar-refractivity contribution in [3.05, 3.63) is 70.0 Å². The summed E-state index contributed by atoms with van der Waals surface area (Å²) in [7, 11) is 0. The van der Waals surface area contributed by atoms with Gasteiger partial charge in [-0.05, 0) is 55.6 Å². The van der Waals surface area contributed by atoms with Gasteiger partial charge in [0.1, 0.15) is 0 Å². The fourth-order valence-corrected chi connectivity index (χ4v) is 4.58. The van der Waals surface area contributed by atoms with Crippen molar-refractivity contribution in [2.45, 2.75) is 20.4 Å². The molecule has 4 aromatic rings. The van der Waals surface area contributed by atoms with E-state index >= 15 is 0 Å². The number of thiophene rings is 1. The molecule has 1 aliphatic rings. The third-order valence-electron chi connectivity index (χ3n) is 5.63. The van der Waals surface area contributed by atoms with E-state index in [2.05, 4.69) is 20.1 Å². The maximum absolute atomic E-state index is 13.0. The Hall–Kier alpha value is -3.30. The Kier molecular flexibility index (Phi) is 5.59. The molecule has 0 saturated carbocycles. The molecule has 1 fully saturated rings. The van der Waals surface area contributed by atoms with Crippen molar-refractivity contribution in [2.75, 3.05) is 26.2 Å². The van der Waals surface area contributed by atoms with E-state index in [1.807, 2.05) is 70.6 Å². The fourth-order valence-electron chi connectivity index (χ4n) is 3.95. The summed E-state index contributed by atoms with van der Waals surface area (Å²) >= 11 is 1.61. The summed E-state index contributed by atoms with van der Waals surface area (Å²) in [6.45, 7) is 7.47. The molecule has 0 N–H and O–H groups in total. The molecule has 0 unspecified atom stereocenters. The summed E-state index contributed by atoms with van der Waals surface area (Å²) in [6, 6.07) is 11.7. The number of nitrogens with zero attached hydrogens (tertiary/aromatic N) is 6. The smallest absolute Gasteiger partial charge is 0.253 e. The van der Waals surface area contributed by atoms with Gasteiger partial charge in [0.2, 0.25) is 11.7 Å². The number of piperazine rings is 1. The lowest BCUT2D eigenvalue weighted by molar-refractivity contribution is 0.0615. The molecule has 1 saturated heterocycles. The number of carbonyl (C=O) groups is 1. The Morgan fingerprint density at radius 1 is 1.09 bits per heavy atom. The normalized spacial score (nSPS) is 14.8. The van der Waals surface area contributed by atoms with E-state index in [-0.39, 0.29) is 5.91 Å². The number of aryl methyl sites for hydroxylation is 2. The second kappa shape index (κ2) is 8.68. The van der Waals surface area contributed by atoms with E-state index in [0.717, 1.165) is 35.7 Å². The second-order valence-corrected chi connectivity index (χ2v) is 8.76. The lowest BCUT2D eigenvalue weighted by Gasteiger charge is -2.34. The van der Waals surface area contributed by atoms with Crippen molar-refractivity contribution >= 4 is 17.2 Å². The van der Waals surface area contributed by atoms with E-state index in [1.165, 1.54) is 0 Å². The number of hydrogen-bond acceptors (Lipinski definition) is 7. The van der Waals surface area contributed by atoms with Gasteiger partial charge in [0.05, 0.1) is 17.9 Å². The van der Waals surface area contributed by atoms with Gasteiger partial charge in [-0.15, -0.1) is 0 Å². The fraction of sp³-hybridized carbons (Fsp3) is 0.304. The molecule has 1 aromatic carbocycles. The third-order valence-corrected chi connectivity index (χ3v) is 6.32. The van der Waals surface area contributed by atoms with Crippen molar-refractivity contribution < 1.29 is 9.32 Å². The van der Waals surface area contributed by atoms with Gasteiger partial charge in [0, 0.05) is 48.4 Å². The predicted octanol–water partition coefficient (Wildman–Crippen LogP) is 3.56. The summed E-state index contributed by atoms with van der Waals surface area (Å²) in [5.74, 6) is 1.28. The molecular weight excluding hydrogens is 424 g/mol. The molecule has 8 nitrogen and oxygen atoms in total. The molecule has 9 heteroatoms. The molecule has 0 radical (unpaired) electrons. The first-order valence-corrected chi connectivity index (χ1v) is 11.5. The first-order valence-electron chi connectivity index (χ1n) is 10.6. The lowest BCUT2D eigenvalue weighted by atomic mass is 10.1. The molecule has 3 aromatic heterocycles. The van der Waals surface area contributed by atoms with Crippen LogP contribution in [0, 0.1) is 13.8 Å². The van der Waals surface area contributed by atoms with Gasteiger partial charge in [-0.25, -0.2) is 4.68 Å². The second-order valence-electron chi connectivity index (χ2n) is 7.98. The van der Waals surface area contributed by atoms with Crippen LogP contribution >= 0.6 is 11.3 Å². The van der Waals surface area contributed by atoms with Crippen LogP contribution in [0.5, 0.6) is 0 Å². The first kappa shape index (κ1) is 20.6. The van der Waals surface area contributed by atoms with Crippen molar-refractivity contribution in [1.29, 1.82) is 0 Å². The first-order chi connectivity index (χ1) is 15.6. The van der Waals surface area contributed by atoms with Crippen LogP contribution in [-0.2, 0) is 6.54 Å². The molecule has 1 aliphatic heterocycles. The molecule has 0 atom stereocenters.